The molecule has 0 bridgehead atoms. The van der Waals surface area contributed by atoms with E-state index in [9.17, 15) is 10.4 Å². The van der Waals surface area contributed by atoms with Crippen LogP contribution in [0.15, 0.2) is 54.7 Å². The molecule has 37 heavy (non-hydrogen) atoms. The van der Waals surface area contributed by atoms with Gasteiger partial charge >= 0.3 is 0 Å². The molecule has 1 aromatic carbocycles. The Bertz CT molecular complexity index is 1460. The van der Waals surface area contributed by atoms with Gasteiger partial charge in [0.15, 0.2) is 0 Å². The summed E-state index contributed by atoms with van der Waals surface area (Å²) < 4.78 is 1.74. The Morgan fingerprint density at radius 3 is 2.49 bits per heavy atom. The first-order valence-corrected chi connectivity index (χ1v) is 12.8. The van der Waals surface area contributed by atoms with Gasteiger partial charge in [0, 0.05) is 18.7 Å². The molecule has 1 aliphatic heterocycles. The second-order valence-electron chi connectivity index (χ2n) is 9.88. The average Bonchev–Trinajstić information content (AvgIpc) is 3.72. The van der Waals surface area contributed by atoms with Crippen LogP contribution in [-0.2, 0) is 12.1 Å². The van der Waals surface area contributed by atoms with Crippen molar-refractivity contribution < 1.29 is 5.11 Å². The third kappa shape index (κ3) is 4.80. The van der Waals surface area contributed by atoms with E-state index in [1.807, 2.05) is 48.7 Å². The van der Waals surface area contributed by atoms with Crippen LogP contribution in [0.2, 0.25) is 0 Å². The molecular formula is C28H28N8O. The average molecular weight is 493 g/mol. The summed E-state index contributed by atoms with van der Waals surface area (Å²) in [6, 6.07) is 17.3. The van der Waals surface area contributed by atoms with Crippen LogP contribution in [0.5, 0.6) is 0 Å². The van der Waals surface area contributed by atoms with Crippen molar-refractivity contribution in [2.45, 2.75) is 50.7 Å². The number of aliphatic hydroxyl groups is 1. The lowest BCUT2D eigenvalue weighted by atomic mass is 9.97. The zero-order valence-corrected chi connectivity index (χ0v) is 20.6. The van der Waals surface area contributed by atoms with Gasteiger partial charge in [0.25, 0.3) is 0 Å². The fourth-order valence-corrected chi connectivity index (χ4v) is 5.22. The van der Waals surface area contributed by atoms with E-state index in [0.717, 1.165) is 74.3 Å². The van der Waals surface area contributed by atoms with Gasteiger partial charge in [-0.15, -0.1) is 5.10 Å². The maximum Gasteiger partial charge on any atom is 0.226 e. The van der Waals surface area contributed by atoms with E-state index in [1.165, 1.54) is 0 Å². The zero-order valence-electron chi connectivity index (χ0n) is 20.6. The molecule has 0 unspecified atom stereocenters. The van der Waals surface area contributed by atoms with E-state index in [-0.39, 0.29) is 0 Å². The molecule has 3 aromatic heterocycles. The van der Waals surface area contributed by atoms with Crippen LogP contribution in [-0.4, -0.2) is 48.1 Å². The molecule has 0 atom stereocenters. The van der Waals surface area contributed by atoms with Crippen LogP contribution in [0.1, 0.15) is 55.5 Å². The number of aromatic nitrogens is 6. The van der Waals surface area contributed by atoms with Crippen LogP contribution < -0.4 is 4.90 Å². The van der Waals surface area contributed by atoms with Gasteiger partial charge in [0.2, 0.25) is 5.95 Å². The van der Waals surface area contributed by atoms with Gasteiger partial charge in [-0.1, -0.05) is 36.3 Å². The molecular weight excluding hydrogens is 464 g/mol. The molecule has 9 nitrogen and oxygen atoms in total. The summed E-state index contributed by atoms with van der Waals surface area (Å²) in [6.45, 7) is 2.28. The second-order valence-corrected chi connectivity index (χ2v) is 9.88. The van der Waals surface area contributed by atoms with Crippen molar-refractivity contribution in [3.05, 3.63) is 71.7 Å². The molecule has 2 aliphatic rings. The Morgan fingerprint density at radius 1 is 0.892 bits per heavy atom. The van der Waals surface area contributed by atoms with E-state index >= 15 is 0 Å². The van der Waals surface area contributed by atoms with Gasteiger partial charge in [-0.2, -0.15) is 5.26 Å². The molecule has 4 aromatic rings. The first kappa shape index (κ1) is 23.3. The van der Waals surface area contributed by atoms with Crippen molar-refractivity contribution in [2.75, 3.05) is 18.0 Å². The monoisotopic (exact) mass is 492 g/mol. The van der Waals surface area contributed by atoms with E-state index in [0.29, 0.717) is 29.4 Å². The summed E-state index contributed by atoms with van der Waals surface area (Å²) >= 11 is 0. The minimum absolute atomic E-state index is 0.443. The zero-order chi connectivity index (χ0) is 25.2. The van der Waals surface area contributed by atoms with E-state index < -0.39 is 5.60 Å². The number of pyridine rings is 1. The number of rotatable bonds is 6. The molecule has 1 N–H and O–H groups in total. The fourth-order valence-electron chi connectivity index (χ4n) is 5.22. The highest BCUT2D eigenvalue weighted by Gasteiger charge is 2.34. The van der Waals surface area contributed by atoms with E-state index in [1.54, 1.807) is 10.7 Å². The molecule has 0 spiro atoms. The van der Waals surface area contributed by atoms with Gasteiger partial charge in [-0.25, -0.2) is 14.6 Å². The predicted octanol–water partition coefficient (Wildman–Crippen LogP) is 4.08. The quantitative estimate of drug-likeness (QED) is 0.428. The van der Waals surface area contributed by atoms with Gasteiger partial charge in [0.1, 0.15) is 11.3 Å². The van der Waals surface area contributed by atoms with Gasteiger partial charge in [-0.3, -0.25) is 4.98 Å². The van der Waals surface area contributed by atoms with Crippen molar-refractivity contribution in [2.24, 2.45) is 0 Å². The standard InChI is InChI=1S/C28H28N8O/c29-17-20-7-5-8-21(15-20)23-16-24(32-27(31-23)35-13-3-4-14-35)25-19-36(34-33-25)18-22-9-6-10-26(30-22)28(37)11-1-2-12-28/h5-10,15-16,19,37H,1-4,11-14,18H2. The number of nitriles is 1. The highest BCUT2D eigenvalue weighted by atomic mass is 16.3. The number of benzene rings is 1. The minimum Gasteiger partial charge on any atom is -0.384 e. The number of anilines is 1. The molecule has 186 valence electrons. The highest BCUT2D eigenvalue weighted by molar-refractivity contribution is 5.68. The van der Waals surface area contributed by atoms with E-state index in [4.69, 9.17) is 15.0 Å². The van der Waals surface area contributed by atoms with Crippen LogP contribution in [0, 0.1) is 11.3 Å². The number of hydrogen-bond acceptors (Lipinski definition) is 8. The normalized spacial score (nSPS) is 16.7. The summed E-state index contributed by atoms with van der Waals surface area (Å²) in [5.74, 6) is 0.668. The Balaban J connectivity index is 1.31. The fraction of sp³-hybridized carbons (Fsp3) is 0.357. The Kier molecular flexibility index (Phi) is 6.10. The van der Waals surface area contributed by atoms with Crippen molar-refractivity contribution in [1.29, 1.82) is 5.26 Å². The summed E-state index contributed by atoms with van der Waals surface area (Å²) in [5.41, 5.74) is 4.26. The Labute approximate surface area is 215 Å². The molecule has 0 radical (unpaired) electrons. The molecule has 6 rings (SSSR count). The first-order chi connectivity index (χ1) is 18.1. The number of nitrogens with zero attached hydrogens (tertiary/aromatic N) is 8. The van der Waals surface area contributed by atoms with Crippen LogP contribution in [0.25, 0.3) is 22.6 Å². The predicted molar refractivity (Wildman–Crippen MR) is 138 cm³/mol. The SMILES string of the molecule is N#Cc1cccc(-c2cc(-c3cn(Cc4cccc(C5(O)CCCC5)n4)nn3)nc(N3CCCC3)n2)c1. The Hall–Kier alpha value is -4.16. The largest absolute Gasteiger partial charge is 0.384 e. The third-order valence-electron chi connectivity index (χ3n) is 7.23. The Morgan fingerprint density at radius 2 is 1.68 bits per heavy atom. The number of hydrogen-bond donors (Lipinski definition) is 1. The molecule has 0 amide bonds. The molecule has 2 fully saturated rings. The van der Waals surface area contributed by atoms with Crippen molar-refractivity contribution >= 4 is 5.95 Å². The lowest BCUT2D eigenvalue weighted by Gasteiger charge is -2.21. The van der Waals surface area contributed by atoms with Gasteiger partial charge in [0.05, 0.1) is 47.1 Å². The summed E-state index contributed by atoms with van der Waals surface area (Å²) in [4.78, 5) is 16.6. The second kappa shape index (κ2) is 9.71. The van der Waals surface area contributed by atoms with Crippen LogP contribution >= 0.6 is 0 Å². The molecule has 1 aliphatic carbocycles. The van der Waals surface area contributed by atoms with Crippen molar-refractivity contribution in [3.63, 3.8) is 0 Å². The van der Waals surface area contributed by atoms with Gasteiger partial charge < -0.3 is 10.0 Å². The summed E-state index contributed by atoms with van der Waals surface area (Å²) in [6.07, 6.45) is 7.65. The highest BCUT2D eigenvalue weighted by Crippen LogP contribution is 2.37. The molecule has 1 saturated carbocycles. The molecule has 9 heteroatoms. The minimum atomic E-state index is -0.824. The molecule has 4 heterocycles. The summed E-state index contributed by atoms with van der Waals surface area (Å²) in [5, 5.41) is 29.0. The molecule has 1 saturated heterocycles. The maximum absolute atomic E-state index is 10.9. The van der Waals surface area contributed by atoms with E-state index in [2.05, 4.69) is 21.3 Å². The van der Waals surface area contributed by atoms with Crippen LogP contribution in [0.4, 0.5) is 5.95 Å². The topological polar surface area (TPSA) is 117 Å². The van der Waals surface area contributed by atoms with Crippen molar-refractivity contribution in [3.8, 4) is 28.7 Å². The van der Waals surface area contributed by atoms with Gasteiger partial charge in [-0.05, 0) is 56.0 Å². The summed E-state index contributed by atoms with van der Waals surface area (Å²) in [7, 11) is 0. The first-order valence-electron chi connectivity index (χ1n) is 12.8. The van der Waals surface area contributed by atoms with Crippen molar-refractivity contribution in [1.82, 2.24) is 29.9 Å². The lowest BCUT2D eigenvalue weighted by molar-refractivity contribution is 0.0397. The van der Waals surface area contributed by atoms with Crippen LogP contribution in [0.3, 0.4) is 0 Å². The third-order valence-corrected chi connectivity index (χ3v) is 7.23. The maximum atomic E-state index is 10.9. The lowest BCUT2D eigenvalue weighted by Crippen LogP contribution is -2.23. The smallest absolute Gasteiger partial charge is 0.226 e.